The van der Waals surface area contributed by atoms with Crippen LogP contribution in [0.4, 0.5) is 0 Å². The van der Waals surface area contributed by atoms with Crippen LogP contribution >= 0.6 is 0 Å². The third-order valence-corrected chi connectivity index (χ3v) is 5.58. The number of aliphatic hydroxyl groups is 2. The summed E-state index contributed by atoms with van der Waals surface area (Å²) in [6.45, 7) is -0.592. The van der Waals surface area contributed by atoms with Crippen molar-refractivity contribution in [3.05, 3.63) is 47.0 Å². The zero-order valence-electron chi connectivity index (χ0n) is 19.7. The van der Waals surface area contributed by atoms with Gasteiger partial charge in [-0.25, -0.2) is 0 Å². The van der Waals surface area contributed by atoms with Crippen molar-refractivity contribution in [1.82, 2.24) is 4.90 Å². The topological polar surface area (TPSA) is 97.7 Å². The Labute approximate surface area is 192 Å². The van der Waals surface area contributed by atoms with Gasteiger partial charge in [0.05, 0.1) is 47.2 Å². The highest BCUT2D eigenvalue weighted by atomic mass is 16.5. The first-order valence-electron chi connectivity index (χ1n) is 10.2. The molecule has 0 fully saturated rings. The van der Waals surface area contributed by atoms with Crippen molar-refractivity contribution in [3.8, 4) is 34.1 Å². The van der Waals surface area contributed by atoms with Gasteiger partial charge in [0.15, 0.2) is 23.0 Å². The third kappa shape index (κ3) is 4.27. The fourth-order valence-electron chi connectivity index (χ4n) is 3.99. The summed E-state index contributed by atoms with van der Waals surface area (Å²) in [5.41, 5.74) is 2.67. The highest BCUT2D eigenvalue weighted by Crippen LogP contribution is 2.44. The van der Waals surface area contributed by atoms with Crippen molar-refractivity contribution >= 4 is 16.7 Å². The summed E-state index contributed by atoms with van der Waals surface area (Å²) in [6.07, 6.45) is 0. The van der Waals surface area contributed by atoms with Crippen LogP contribution in [-0.2, 0) is 13.2 Å². The average molecular weight is 456 g/mol. The van der Waals surface area contributed by atoms with Crippen molar-refractivity contribution in [2.75, 3.05) is 42.5 Å². The normalized spacial score (nSPS) is 10.8. The summed E-state index contributed by atoms with van der Waals surface area (Å²) in [5, 5.41) is 21.8. The number of amides is 1. The van der Waals surface area contributed by atoms with Crippen LogP contribution in [0.1, 0.15) is 21.5 Å². The van der Waals surface area contributed by atoms with E-state index in [0.29, 0.717) is 50.8 Å². The standard InChI is InChI=1S/C25H29NO7/c1-26(2)25(29)18-8-15(10-22(32-5)24(18)33-6)23-17-11-21(31-4)20(30-3)9-14(17)7-16(12-27)19(23)13-28/h7-11,27-28H,12-13H2,1-6H3. The number of benzene rings is 3. The number of rotatable bonds is 8. The maximum absolute atomic E-state index is 13.0. The van der Waals surface area contributed by atoms with Gasteiger partial charge in [0.25, 0.3) is 5.91 Å². The van der Waals surface area contributed by atoms with Gasteiger partial charge in [-0.3, -0.25) is 4.79 Å². The van der Waals surface area contributed by atoms with E-state index in [9.17, 15) is 15.0 Å². The number of hydrogen-bond acceptors (Lipinski definition) is 7. The molecule has 0 bridgehead atoms. The Hall–Kier alpha value is -3.49. The van der Waals surface area contributed by atoms with Gasteiger partial charge >= 0.3 is 0 Å². The van der Waals surface area contributed by atoms with Gasteiger partial charge in [0, 0.05) is 14.1 Å². The summed E-state index contributed by atoms with van der Waals surface area (Å²) in [7, 11) is 9.37. The highest BCUT2D eigenvalue weighted by Gasteiger charge is 2.24. The molecule has 0 atom stereocenters. The summed E-state index contributed by atoms with van der Waals surface area (Å²) in [6, 6.07) is 8.88. The second-order valence-electron chi connectivity index (χ2n) is 7.59. The SMILES string of the molecule is COc1cc2cc(CO)c(CO)c(-c3cc(OC)c(OC)c(C(=O)N(C)C)c3)c2cc1OC. The first-order valence-corrected chi connectivity index (χ1v) is 10.2. The van der Waals surface area contributed by atoms with Gasteiger partial charge in [-0.2, -0.15) is 0 Å². The molecule has 3 aromatic carbocycles. The maximum Gasteiger partial charge on any atom is 0.257 e. The van der Waals surface area contributed by atoms with Crippen molar-refractivity contribution in [2.24, 2.45) is 0 Å². The van der Waals surface area contributed by atoms with Crippen LogP contribution < -0.4 is 18.9 Å². The van der Waals surface area contributed by atoms with Crippen LogP contribution in [0, 0.1) is 0 Å². The Kier molecular flexibility index (Phi) is 7.30. The molecule has 0 aromatic heterocycles. The van der Waals surface area contributed by atoms with Gasteiger partial charge in [-0.15, -0.1) is 0 Å². The molecule has 0 unspecified atom stereocenters. The Balaban J connectivity index is 2.50. The zero-order chi connectivity index (χ0) is 24.3. The second kappa shape index (κ2) is 9.97. The number of fused-ring (bicyclic) bond motifs is 1. The lowest BCUT2D eigenvalue weighted by molar-refractivity contribution is 0.0823. The number of ether oxygens (including phenoxy) is 4. The maximum atomic E-state index is 13.0. The predicted octanol–water partition coefficient (Wildman–Crippen LogP) is 3.23. The minimum absolute atomic E-state index is 0.264. The summed E-state index contributed by atoms with van der Waals surface area (Å²) < 4.78 is 22.0. The minimum Gasteiger partial charge on any atom is -0.493 e. The van der Waals surface area contributed by atoms with Crippen LogP contribution in [0.2, 0.25) is 0 Å². The molecule has 8 nitrogen and oxygen atoms in total. The number of aliphatic hydroxyl groups excluding tert-OH is 2. The van der Waals surface area contributed by atoms with Gasteiger partial charge in [0.1, 0.15) is 0 Å². The molecule has 1 amide bonds. The summed E-state index contributed by atoms with van der Waals surface area (Å²) in [5.74, 6) is 1.46. The lowest BCUT2D eigenvalue weighted by atomic mass is 9.88. The van der Waals surface area contributed by atoms with Crippen LogP contribution in [0.5, 0.6) is 23.0 Å². The molecule has 176 valence electrons. The van der Waals surface area contributed by atoms with E-state index in [1.165, 1.54) is 19.1 Å². The molecule has 0 aliphatic carbocycles. The summed E-state index contributed by atoms with van der Waals surface area (Å²) in [4.78, 5) is 14.4. The third-order valence-electron chi connectivity index (χ3n) is 5.58. The molecule has 0 aliphatic rings. The molecule has 3 rings (SSSR count). The molecule has 3 aromatic rings. The molecule has 0 saturated heterocycles. The van der Waals surface area contributed by atoms with Crippen molar-refractivity contribution in [3.63, 3.8) is 0 Å². The van der Waals surface area contributed by atoms with Gasteiger partial charge in [-0.1, -0.05) is 0 Å². The Bertz CT molecular complexity index is 1180. The number of carbonyl (C=O) groups is 1. The van der Waals surface area contributed by atoms with Crippen molar-refractivity contribution in [2.45, 2.75) is 13.2 Å². The first-order chi connectivity index (χ1) is 15.8. The molecule has 33 heavy (non-hydrogen) atoms. The Morgan fingerprint density at radius 2 is 1.45 bits per heavy atom. The van der Waals surface area contributed by atoms with E-state index in [0.717, 1.165) is 10.8 Å². The molecule has 0 heterocycles. The largest absolute Gasteiger partial charge is 0.493 e. The Morgan fingerprint density at radius 1 is 0.818 bits per heavy atom. The first kappa shape index (κ1) is 24.2. The van der Waals surface area contributed by atoms with Gasteiger partial charge in [-0.05, 0) is 63.4 Å². The molecule has 0 aliphatic heterocycles. The number of hydrogen-bond donors (Lipinski definition) is 2. The molecule has 0 saturated carbocycles. The quantitative estimate of drug-likeness (QED) is 0.538. The van der Waals surface area contributed by atoms with Crippen LogP contribution in [0.25, 0.3) is 21.9 Å². The second-order valence-corrected chi connectivity index (χ2v) is 7.59. The van der Waals surface area contributed by atoms with E-state index in [4.69, 9.17) is 18.9 Å². The van der Waals surface area contributed by atoms with Crippen molar-refractivity contribution in [1.29, 1.82) is 0 Å². The molecule has 0 radical (unpaired) electrons. The van der Waals surface area contributed by atoms with Gasteiger partial charge in [0.2, 0.25) is 0 Å². The van der Waals surface area contributed by atoms with E-state index in [2.05, 4.69) is 0 Å². The molecule has 0 spiro atoms. The molecule has 8 heteroatoms. The van der Waals surface area contributed by atoms with E-state index in [1.807, 2.05) is 12.1 Å². The average Bonchev–Trinajstić information content (AvgIpc) is 2.84. The molecule has 2 N–H and O–H groups in total. The van der Waals surface area contributed by atoms with E-state index < -0.39 is 0 Å². The van der Waals surface area contributed by atoms with E-state index in [1.54, 1.807) is 46.5 Å². The lowest BCUT2D eigenvalue weighted by Crippen LogP contribution is -2.22. The van der Waals surface area contributed by atoms with Crippen LogP contribution in [-0.4, -0.2) is 63.6 Å². The minimum atomic E-state index is -0.319. The smallest absolute Gasteiger partial charge is 0.257 e. The number of nitrogens with zero attached hydrogens (tertiary/aromatic N) is 1. The lowest BCUT2D eigenvalue weighted by Gasteiger charge is -2.21. The summed E-state index contributed by atoms with van der Waals surface area (Å²) >= 11 is 0. The monoisotopic (exact) mass is 455 g/mol. The van der Waals surface area contributed by atoms with Crippen LogP contribution in [0.3, 0.4) is 0 Å². The fraction of sp³-hybridized carbons (Fsp3) is 0.320. The van der Waals surface area contributed by atoms with E-state index in [-0.39, 0.29) is 19.1 Å². The predicted molar refractivity (Wildman–Crippen MR) is 125 cm³/mol. The molecular formula is C25H29NO7. The van der Waals surface area contributed by atoms with Crippen LogP contribution in [0.15, 0.2) is 30.3 Å². The van der Waals surface area contributed by atoms with Gasteiger partial charge < -0.3 is 34.1 Å². The van der Waals surface area contributed by atoms with Crippen molar-refractivity contribution < 1.29 is 34.0 Å². The number of methoxy groups -OCH3 is 4. The number of carbonyl (C=O) groups excluding carboxylic acids is 1. The zero-order valence-corrected chi connectivity index (χ0v) is 19.7. The highest BCUT2D eigenvalue weighted by molar-refractivity contribution is 6.04. The van der Waals surface area contributed by atoms with E-state index >= 15 is 0 Å². The molecular weight excluding hydrogens is 426 g/mol. The fourth-order valence-corrected chi connectivity index (χ4v) is 3.99. The Morgan fingerprint density at radius 3 is 1.97 bits per heavy atom.